The molecule has 5 heteroatoms. The maximum Gasteiger partial charge on any atom is 0.147 e. The van der Waals surface area contributed by atoms with Gasteiger partial charge in [-0.05, 0) is 19.2 Å². The maximum atomic E-state index is 6.14. The van der Waals surface area contributed by atoms with E-state index >= 15 is 0 Å². The molecule has 1 aromatic carbocycles. The highest BCUT2D eigenvalue weighted by Crippen LogP contribution is 2.38. The van der Waals surface area contributed by atoms with Crippen LogP contribution in [-0.2, 0) is 6.54 Å². The number of nitrogens with zero attached hydrogens (tertiary/aromatic N) is 1. The standard InChI is InChI=1S/C13H15ClN2O2/c1-15-7-8-4-5-9-12(16-8)11(17-2)6-10(14)13(9)18-3/h4-6,15H,7H2,1-3H3. The van der Waals surface area contributed by atoms with E-state index in [4.69, 9.17) is 21.1 Å². The van der Waals surface area contributed by atoms with Crippen LogP contribution in [-0.4, -0.2) is 26.3 Å². The summed E-state index contributed by atoms with van der Waals surface area (Å²) in [5.74, 6) is 1.27. The van der Waals surface area contributed by atoms with E-state index < -0.39 is 0 Å². The van der Waals surface area contributed by atoms with Crippen molar-refractivity contribution in [2.45, 2.75) is 6.54 Å². The minimum atomic E-state index is 0.519. The predicted molar refractivity (Wildman–Crippen MR) is 72.6 cm³/mol. The van der Waals surface area contributed by atoms with E-state index in [1.807, 2.05) is 19.2 Å². The Bertz CT molecular complexity index is 572. The Balaban J connectivity index is 2.71. The molecule has 0 aliphatic heterocycles. The molecule has 0 fully saturated rings. The molecule has 18 heavy (non-hydrogen) atoms. The Morgan fingerprint density at radius 1 is 1.28 bits per heavy atom. The number of halogens is 1. The second-order valence-electron chi connectivity index (χ2n) is 3.82. The minimum Gasteiger partial charge on any atom is -0.494 e. The summed E-state index contributed by atoms with van der Waals surface area (Å²) in [4.78, 5) is 4.56. The van der Waals surface area contributed by atoms with Gasteiger partial charge in [-0.1, -0.05) is 11.6 Å². The van der Waals surface area contributed by atoms with E-state index in [9.17, 15) is 0 Å². The fraction of sp³-hybridized carbons (Fsp3) is 0.308. The number of aromatic nitrogens is 1. The van der Waals surface area contributed by atoms with Crippen LogP contribution in [0, 0.1) is 0 Å². The van der Waals surface area contributed by atoms with Gasteiger partial charge in [0, 0.05) is 18.0 Å². The molecule has 0 bridgehead atoms. The third-order valence-corrected chi connectivity index (χ3v) is 2.97. The summed E-state index contributed by atoms with van der Waals surface area (Å²) >= 11 is 6.14. The lowest BCUT2D eigenvalue weighted by Gasteiger charge is -2.12. The zero-order chi connectivity index (χ0) is 13.1. The van der Waals surface area contributed by atoms with E-state index in [-0.39, 0.29) is 0 Å². The van der Waals surface area contributed by atoms with Crippen LogP contribution < -0.4 is 14.8 Å². The van der Waals surface area contributed by atoms with Crippen LogP contribution in [0.3, 0.4) is 0 Å². The largest absolute Gasteiger partial charge is 0.494 e. The molecular formula is C13H15ClN2O2. The van der Waals surface area contributed by atoms with Crippen molar-refractivity contribution in [2.24, 2.45) is 0 Å². The van der Waals surface area contributed by atoms with Crippen LogP contribution in [0.5, 0.6) is 11.5 Å². The van der Waals surface area contributed by atoms with Crippen molar-refractivity contribution in [2.75, 3.05) is 21.3 Å². The van der Waals surface area contributed by atoms with Crippen molar-refractivity contribution in [1.29, 1.82) is 0 Å². The molecule has 2 rings (SSSR count). The monoisotopic (exact) mass is 266 g/mol. The maximum absolute atomic E-state index is 6.14. The van der Waals surface area contributed by atoms with Crippen LogP contribution in [0.4, 0.5) is 0 Å². The van der Waals surface area contributed by atoms with E-state index in [1.54, 1.807) is 20.3 Å². The quantitative estimate of drug-likeness (QED) is 0.924. The number of benzene rings is 1. The number of hydrogen-bond acceptors (Lipinski definition) is 4. The summed E-state index contributed by atoms with van der Waals surface area (Å²) in [7, 11) is 5.07. The molecule has 0 aliphatic rings. The number of methoxy groups -OCH3 is 2. The highest BCUT2D eigenvalue weighted by Gasteiger charge is 2.13. The first-order chi connectivity index (χ1) is 8.71. The Kier molecular flexibility index (Phi) is 3.89. The molecule has 0 amide bonds. The average molecular weight is 267 g/mol. The number of fused-ring (bicyclic) bond motifs is 1. The molecule has 1 N–H and O–H groups in total. The Labute approximate surface area is 111 Å². The molecular weight excluding hydrogens is 252 g/mol. The third kappa shape index (κ3) is 2.21. The second kappa shape index (κ2) is 5.42. The zero-order valence-corrected chi connectivity index (χ0v) is 11.3. The van der Waals surface area contributed by atoms with E-state index in [1.165, 1.54) is 0 Å². The SMILES string of the molecule is CNCc1ccc2c(OC)c(Cl)cc(OC)c2n1. The van der Waals surface area contributed by atoms with Gasteiger partial charge < -0.3 is 14.8 Å². The lowest BCUT2D eigenvalue weighted by molar-refractivity contribution is 0.410. The van der Waals surface area contributed by atoms with Gasteiger partial charge in [-0.3, -0.25) is 0 Å². The van der Waals surface area contributed by atoms with Gasteiger partial charge in [-0.25, -0.2) is 4.98 Å². The Morgan fingerprint density at radius 2 is 2.06 bits per heavy atom. The molecule has 1 aromatic heterocycles. The highest BCUT2D eigenvalue weighted by molar-refractivity contribution is 6.33. The Morgan fingerprint density at radius 3 is 2.67 bits per heavy atom. The van der Waals surface area contributed by atoms with Crippen molar-refractivity contribution in [3.8, 4) is 11.5 Å². The van der Waals surface area contributed by atoms with Crippen LogP contribution in [0.25, 0.3) is 10.9 Å². The lowest BCUT2D eigenvalue weighted by atomic mass is 10.1. The normalized spacial score (nSPS) is 10.7. The first kappa shape index (κ1) is 12.9. The van der Waals surface area contributed by atoms with E-state index in [0.29, 0.717) is 23.1 Å². The average Bonchev–Trinajstić information content (AvgIpc) is 2.38. The summed E-state index contributed by atoms with van der Waals surface area (Å²) in [6.45, 7) is 0.698. The van der Waals surface area contributed by atoms with Crippen molar-refractivity contribution < 1.29 is 9.47 Å². The Hall–Kier alpha value is -1.52. The van der Waals surface area contributed by atoms with Gasteiger partial charge in [0.15, 0.2) is 0 Å². The topological polar surface area (TPSA) is 43.4 Å². The van der Waals surface area contributed by atoms with Crippen LogP contribution in [0.15, 0.2) is 18.2 Å². The van der Waals surface area contributed by atoms with Crippen molar-refractivity contribution in [3.05, 3.63) is 28.9 Å². The second-order valence-corrected chi connectivity index (χ2v) is 4.23. The van der Waals surface area contributed by atoms with Gasteiger partial charge in [-0.2, -0.15) is 0 Å². The van der Waals surface area contributed by atoms with E-state index in [0.717, 1.165) is 16.6 Å². The number of pyridine rings is 1. The smallest absolute Gasteiger partial charge is 0.147 e. The van der Waals surface area contributed by atoms with Crippen LogP contribution in [0.1, 0.15) is 5.69 Å². The summed E-state index contributed by atoms with van der Waals surface area (Å²) in [6, 6.07) is 5.61. The van der Waals surface area contributed by atoms with E-state index in [2.05, 4.69) is 10.3 Å². The van der Waals surface area contributed by atoms with Crippen molar-refractivity contribution >= 4 is 22.5 Å². The summed E-state index contributed by atoms with van der Waals surface area (Å²) in [5, 5.41) is 4.43. The number of nitrogens with one attached hydrogen (secondary N) is 1. The molecule has 4 nitrogen and oxygen atoms in total. The van der Waals surface area contributed by atoms with Gasteiger partial charge in [0.1, 0.15) is 17.0 Å². The number of hydrogen-bond donors (Lipinski definition) is 1. The molecule has 2 aromatic rings. The molecule has 0 atom stereocenters. The minimum absolute atomic E-state index is 0.519. The zero-order valence-electron chi connectivity index (χ0n) is 10.6. The number of rotatable bonds is 4. The van der Waals surface area contributed by atoms with Gasteiger partial charge in [0.25, 0.3) is 0 Å². The summed E-state index contributed by atoms with van der Waals surface area (Å²) in [5.41, 5.74) is 1.69. The fourth-order valence-electron chi connectivity index (χ4n) is 1.89. The first-order valence-corrected chi connectivity index (χ1v) is 5.93. The molecule has 0 unspecified atom stereocenters. The number of ether oxygens (including phenoxy) is 2. The van der Waals surface area contributed by atoms with Gasteiger partial charge in [0.2, 0.25) is 0 Å². The molecule has 0 aliphatic carbocycles. The molecule has 0 spiro atoms. The van der Waals surface area contributed by atoms with Gasteiger partial charge in [-0.15, -0.1) is 0 Å². The highest BCUT2D eigenvalue weighted by atomic mass is 35.5. The summed E-state index contributed by atoms with van der Waals surface area (Å²) in [6.07, 6.45) is 0. The predicted octanol–water partition coefficient (Wildman–Crippen LogP) is 2.62. The van der Waals surface area contributed by atoms with Crippen LogP contribution in [0.2, 0.25) is 5.02 Å². The molecule has 0 saturated heterocycles. The summed E-state index contributed by atoms with van der Waals surface area (Å²) < 4.78 is 10.6. The third-order valence-electron chi connectivity index (χ3n) is 2.69. The fourth-order valence-corrected chi connectivity index (χ4v) is 2.17. The van der Waals surface area contributed by atoms with Gasteiger partial charge in [0.05, 0.1) is 24.9 Å². The first-order valence-electron chi connectivity index (χ1n) is 5.56. The molecule has 1 heterocycles. The lowest BCUT2D eigenvalue weighted by Crippen LogP contribution is -2.07. The van der Waals surface area contributed by atoms with Crippen molar-refractivity contribution in [3.63, 3.8) is 0 Å². The van der Waals surface area contributed by atoms with Crippen LogP contribution >= 0.6 is 11.6 Å². The molecule has 0 saturated carbocycles. The molecule has 96 valence electrons. The molecule has 0 radical (unpaired) electrons. The van der Waals surface area contributed by atoms with Crippen molar-refractivity contribution in [1.82, 2.24) is 10.3 Å². The van der Waals surface area contributed by atoms with Gasteiger partial charge >= 0.3 is 0 Å².